The Kier molecular flexibility index (Phi) is 4.57. The van der Waals surface area contributed by atoms with Gasteiger partial charge in [0.15, 0.2) is 0 Å². The molecule has 0 unspecified atom stereocenters. The van der Waals surface area contributed by atoms with E-state index in [0.717, 1.165) is 27.2 Å². The maximum absolute atomic E-state index is 13.5. The third kappa shape index (κ3) is 3.27. The molecule has 6 nitrogen and oxygen atoms in total. The summed E-state index contributed by atoms with van der Waals surface area (Å²) in [6.07, 6.45) is 0. The second-order valence-corrected chi connectivity index (χ2v) is 8.54. The lowest BCUT2D eigenvalue weighted by Gasteiger charge is -2.36. The van der Waals surface area contributed by atoms with Crippen molar-refractivity contribution in [1.29, 1.82) is 5.26 Å². The minimum atomic E-state index is -0.271. The molecule has 0 saturated heterocycles. The van der Waals surface area contributed by atoms with Gasteiger partial charge in [0.25, 0.3) is 11.5 Å². The molecule has 7 heteroatoms. The summed E-state index contributed by atoms with van der Waals surface area (Å²) in [5.41, 5.74) is 2.69. The Bertz CT molecular complexity index is 1430. The van der Waals surface area contributed by atoms with Crippen molar-refractivity contribution >= 4 is 39.4 Å². The Labute approximate surface area is 182 Å². The molecule has 5 rings (SSSR count). The third-order valence-electron chi connectivity index (χ3n) is 5.57. The summed E-state index contributed by atoms with van der Waals surface area (Å²) in [7, 11) is 2.00. The number of benzene rings is 2. The van der Waals surface area contributed by atoms with Crippen LogP contribution in [0.4, 0.5) is 11.4 Å². The van der Waals surface area contributed by atoms with E-state index in [0.29, 0.717) is 23.4 Å². The van der Waals surface area contributed by atoms with Crippen molar-refractivity contribution in [1.82, 2.24) is 4.98 Å². The molecule has 0 bridgehead atoms. The topological polar surface area (TPSA) is 80.2 Å². The van der Waals surface area contributed by atoms with Gasteiger partial charge in [-0.3, -0.25) is 9.59 Å². The van der Waals surface area contributed by atoms with Crippen molar-refractivity contribution < 1.29 is 4.79 Å². The molecule has 0 atom stereocenters. The zero-order chi connectivity index (χ0) is 21.5. The van der Waals surface area contributed by atoms with Crippen LogP contribution in [0.2, 0.25) is 0 Å². The second kappa shape index (κ2) is 7.42. The molecule has 4 aromatic rings. The highest BCUT2D eigenvalue weighted by Crippen LogP contribution is 2.38. The average molecular weight is 427 g/mol. The average Bonchev–Trinajstić information content (AvgIpc) is 3.28. The van der Waals surface area contributed by atoms with Crippen molar-refractivity contribution in [2.45, 2.75) is 0 Å². The van der Waals surface area contributed by atoms with Crippen LogP contribution in [0.15, 0.2) is 65.5 Å². The summed E-state index contributed by atoms with van der Waals surface area (Å²) < 4.78 is 0. The molecule has 1 N–H and O–H groups in total. The van der Waals surface area contributed by atoms with Crippen LogP contribution in [0.5, 0.6) is 0 Å². The van der Waals surface area contributed by atoms with Gasteiger partial charge in [0.05, 0.1) is 11.4 Å². The Morgan fingerprint density at radius 1 is 1.06 bits per heavy atom. The number of hydrogen-bond acceptors (Lipinski definition) is 5. The van der Waals surface area contributed by atoms with Gasteiger partial charge in [-0.1, -0.05) is 24.3 Å². The molecule has 0 spiro atoms. The molecule has 1 amide bonds. The van der Waals surface area contributed by atoms with Crippen LogP contribution in [0.3, 0.4) is 0 Å². The molecule has 2 aromatic heterocycles. The number of amides is 1. The van der Waals surface area contributed by atoms with E-state index in [1.807, 2.05) is 43.4 Å². The van der Waals surface area contributed by atoms with E-state index in [2.05, 4.69) is 16.0 Å². The van der Waals surface area contributed by atoms with E-state index in [-0.39, 0.29) is 17.2 Å². The van der Waals surface area contributed by atoms with Crippen LogP contribution in [0, 0.1) is 11.3 Å². The van der Waals surface area contributed by atoms with Gasteiger partial charge in [0.2, 0.25) is 0 Å². The minimum Gasteiger partial charge on any atom is -0.371 e. The molecule has 2 aromatic carbocycles. The lowest BCUT2D eigenvalue weighted by atomic mass is 10.1. The summed E-state index contributed by atoms with van der Waals surface area (Å²) in [6.45, 7) is 1.20. The maximum Gasteiger partial charge on any atom is 0.274 e. The second-order valence-electron chi connectivity index (χ2n) is 7.46. The first-order chi connectivity index (χ1) is 15.0. The number of nitrogens with one attached hydrogen (secondary N) is 1. The zero-order valence-electron chi connectivity index (χ0n) is 16.8. The van der Waals surface area contributed by atoms with E-state index in [1.165, 1.54) is 11.3 Å². The number of aromatic nitrogens is 1. The first-order valence-corrected chi connectivity index (χ1v) is 10.7. The van der Waals surface area contributed by atoms with Crippen molar-refractivity contribution in [3.63, 3.8) is 0 Å². The molecule has 1 aliphatic heterocycles. The number of nitrogens with zero attached hydrogens (tertiary/aromatic N) is 3. The number of pyridine rings is 1. The van der Waals surface area contributed by atoms with Crippen molar-refractivity contribution in [3.8, 4) is 16.5 Å². The van der Waals surface area contributed by atoms with Crippen molar-refractivity contribution in [2.24, 2.45) is 0 Å². The number of likely N-dealkylation sites (N-methyl/N-ethyl adjacent to an activating group) is 1. The van der Waals surface area contributed by atoms with Gasteiger partial charge < -0.3 is 14.8 Å². The fraction of sp³-hybridized carbons (Fsp3) is 0.125. The van der Waals surface area contributed by atoms with E-state index in [1.54, 1.807) is 29.2 Å². The number of rotatable bonds is 2. The number of thiophene rings is 1. The molecular formula is C24H18N4O2S. The Balaban J connectivity index is 1.59. The monoisotopic (exact) mass is 426 g/mol. The van der Waals surface area contributed by atoms with Crippen LogP contribution in [-0.2, 0) is 0 Å². The highest BCUT2D eigenvalue weighted by atomic mass is 32.1. The van der Waals surface area contributed by atoms with E-state index >= 15 is 0 Å². The van der Waals surface area contributed by atoms with E-state index in [9.17, 15) is 9.59 Å². The number of carbonyl (C=O) groups is 1. The van der Waals surface area contributed by atoms with Gasteiger partial charge in [-0.05, 0) is 47.3 Å². The highest BCUT2D eigenvalue weighted by molar-refractivity contribution is 7.16. The predicted octanol–water partition coefficient (Wildman–Crippen LogP) is 4.22. The largest absolute Gasteiger partial charge is 0.371 e. The smallest absolute Gasteiger partial charge is 0.274 e. The predicted molar refractivity (Wildman–Crippen MR) is 124 cm³/mol. The fourth-order valence-corrected chi connectivity index (χ4v) is 4.74. The number of anilines is 2. The highest BCUT2D eigenvalue weighted by Gasteiger charge is 2.27. The first kappa shape index (κ1) is 19.1. The van der Waals surface area contributed by atoms with Gasteiger partial charge in [0.1, 0.15) is 16.6 Å². The lowest BCUT2D eigenvalue weighted by Crippen LogP contribution is -2.43. The third-order valence-corrected chi connectivity index (χ3v) is 6.61. The lowest BCUT2D eigenvalue weighted by molar-refractivity contribution is 0.0982. The van der Waals surface area contributed by atoms with Crippen LogP contribution < -0.4 is 15.4 Å². The molecule has 0 fully saturated rings. The Morgan fingerprint density at radius 2 is 1.90 bits per heavy atom. The number of aromatic amines is 1. The molecule has 0 aliphatic carbocycles. The van der Waals surface area contributed by atoms with Gasteiger partial charge in [-0.15, -0.1) is 11.3 Å². The number of nitriles is 1. The molecule has 0 saturated carbocycles. The quantitative estimate of drug-likeness (QED) is 0.520. The minimum absolute atomic E-state index is 0.238. The number of carbonyl (C=O) groups excluding carboxylic acids is 1. The Morgan fingerprint density at radius 3 is 2.71 bits per heavy atom. The number of hydrogen-bond donors (Lipinski definition) is 1. The van der Waals surface area contributed by atoms with Gasteiger partial charge in [0, 0.05) is 30.4 Å². The van der Waals surface area contributed by atoms with Crippen LogP contribution in [0.1, 0.15) is 15.4 Å². The maximum atomic E-state index is 13.5. The van der Waals surface area contributed by atoms with Gasteiger partial charge >= 0.3 is 0 Å². The standard InChI is InChI=1S/C24H18N4O2S/c1-27-10-11-28(24(30)19-12-15-4-2-3-5-18(15)23(29)26-19)21-13-16(6-8-20(21)27)22-9-7-17(14-25)31-22/h2-9,12-13H,10-11H2,1H3,(H,26,29). The van der Waals surface area contributed by atoms with E-state index < -0.39 is 0 Å². The SMILES string of the molecule is CN1CCN(C(=O)c2cc3ccccc3c(=O)[nH]2)c2cc(-c3ccc(C#N)s3)ccc21. The van der Waals surface area contributed by atoms with Gasteiger partial charge in [-0.2, -0.15) is 5.26 Å². The number of H-pyrrole nitrogens is 1. The first-order valence-electron chi connectivity index (χ1n) is 9.84. The van der Waals surface area contributed by atoms with Gasteiger partial charge in [-0.25, -0.2) is 0 Å². The molecule has 1 aliphatic rings. The van der Waals surface area contributed by atoms with Crippen LogP contribution in [-0.4, -0.2) is 31.0 Å². The van der Waals surface area contributed by atoms with Crippen LogP contribution in [0.25, 0.3) is 21.2 Å². The molecule has 0 radical (unpaired) electrons. The zero-order valence-corrected chi connectivity index (χ0v) is 17.6. The van der Waals surface area contributed by atoms with Crippen molar-refractivity contribution in [3.05, 3.63) is 81.6 Å². The summed E-state index contributed by atoms with van der Waals surface area (Å²) in [4.78, 5) is 34.2. The molecule has 31 heavy (non-hydrogen) atoms. The fourth-order valence-electron chi connectivity index (χ4n) is 3.94. The number of fused-ring (bicyclic) bond motifs is 2. The van der Waals surface area contributed by atoms with E-state index in [4.69, 9.17) is 5.26 Å². The molecule has 3 heterocycles. The normalized spacial score (nSPS) is 13.2. The summed E-state index contributed by atoms with van der Waals surface area (Å²) >= 11 is 1.42. The molecular weight excluding hydrogens is 408 g/mol. The van der Waals surface area contributed by atoms with Crippen molar-refractivity contribution in [2.75, 3.05) is 29.9 Å². The summed E-state index contributed by atoms with van der Waals surface area (Å²) in [5, 5.41) is 10.4. The van der Waals surface area contributed by atoms with Crippen LogP contribution >= 0.6 is 11.3 Å². The Hall–Kier alpha value is -3.89. The molecule has 152 valence electrons. The summed E-state index contributed by atoms with van der Waals surface area (Å²) in [5.74, 6) is -0.238. The summed E-state index contributed by atoms with van der Waals surface area (Å²) in [6, 6.07) is 20.8.